The molecule has 5 nitrogen and oxygen atoms in total. The molecule has 0 aliphatic heterocycles. The third kappa shape index (κ3) is 1.99. The van der Waals surface area contributed by atoms with Gasteiger partial charge in [0.2, 0.25) is 5.01 Å². The van der Waals surface area contributed by atoms with Gasteiger partial charge in [0, 0.05) is 17.8 Å². The Morgan fingerprint density at radius 3 is 2.93 bits per heavy atom. The van der Waals surface area contributed by atoms with E-state index in [1.807, 2.05) is 0 Å². The first-order valence-corrected chi connectivity index (χ1v) is 4.99. The van der Waals surface area contributed by atoms with E-state index in [1.165, 1.54) is 18.4 Å². The van der Waals surface area contributed by atoms with Crippen molar-refractivity contribution in [3.8, 4) is 11.4 Å². The monoisotopic (exact) mass is 221 g/mol. The van der Waals surface area contributed by atoms with E-state index < -0.39 is 5.97 Å². The van der Waals surface area contributed by atoms with Gasteiger partial charge in [-0.05, 0) is 0 Å². The second-order valence-electron chi connectivity index (χ2n) is 2.62. The van der Waals surface area contributed by atoms with Crippen LogP contribution in [0.4, 0.5) is 0 Å². The Morgan fingerprint density at radius 2 is 2.27 bits per heavy atom. The van der Waals surface area contributed by atoms with Crippen LogP contribution in [0.5, 0.6) is 0 Å². The van der Waals surface area contributed by atoms with Crippen LogP contribution < -0.4 is 0 Å². The van der Waals surface area contributed by atoms with Crippen molar-refractivity contribution in [1.29, 1.82) is 0 Å². The predicted octanol–water partition coefficient (Wildman–Crippen LogP) is 1.39. The highest BCUT2D eigenvalue weighted by Gasteiger charge is 2.12. The minimum absolute atomic E-state index is 0.318. The number of hydrogen-bond acceptors (Lipinski definition) is 6. The molecular weight excluding hydrogens is 214 g/mol. The zero-order chi connectivity index (χ0) is 10.7. The number of methoxy groups -OCH3 is 1. The van der Waals surface area contributed by atoms with E-state index in [-0.39, 0.29) is 0 Å². The first-order valence-electron chi connectivity index (χ1n) is 4.11. The van der Waals surface area contributed by atoms with Gasteiger partial charge in [0.1, 0.15) is 11.4 Å². The summed E-state index contributed by atoms with van der Waals surface area (Å²) in [6, 6.07) is 0. The van der Waals surface area contributed by atoms with Crippen molar-refractivity contribution in [3.05, 3.63) is 29.0 Å². The summed E-state index contributed by atoms with van der Waals surface area (Å²) in [6.45, 7) is 0. The van der Waals surface area contributed by atoms with E-state index >= 15 is 0 Å². The molecule has 2 aromatic rings. The molecule has 2 heterocycles. The standard InChI is InChI=1S/C9H7N3O2S/c1-14-9(13)8-12-7(5-15-8)6-4-10-2-3-11-6/h2-5H,1H3. The number of carbonyl (C=O) groups is 1. The van der Waals surface area contributed by atoms with Crippen molar-refractivity contribution >= 4 is 17.3 Å². The van der Waals surface area contributed by atoms with Gasteiger partial charge in [0.15, 0.2) is 0 Å². The highest BCUT2D eigenvalue weighted by atomic mass is 32.1. The number of esters is 1. The third-order valence-electron chi connectivity index (χ3n) is 1.69. The molecule has 0 saturated heterocycles. The van der Waals surface area contributed by atoms with Gasteiger partial charge in [-0.3, -0.25) is 9.97 Å². The van der Waals surface area contributed by atoms with Crippen LogP contribution >= 0.6 is 11.3 Å². The minimum Gasteiger partial charge on any atom is -0.464 e. The molecule has 0 radical (unpaired) electrons. The molecule has 2 aromatic heterocycles. The number of rotatable bonds is 2. The molecule has 0 N–H and O–H groups in total. The Bertz CT molecular complexity index is 469. The van der Waals surface area contributed by atoms with E-state index in [4.69, 9.17) is 0 Å². The lowest BCUT2D eigenvalue weighted by Crippen LogP contribution is -1.99. The van der Waals surface area contributed by atoms with E-state index in [9.17, 15) is 4.79 Å². The van der Waals surface area contributed by atoms with Gasteiger partial charge in [-0.1, -0.05) is 0 Å². The fourth-order valence-corrected chi connectivity index (χ4v) is 1.73. The maximum Gasteiger partial charge on any atom is 0.367 e. The summed E-state index contributed by atoms with van der Waals surface area (Å²) in [4.78, 5) is 23.2. The summed E-state index contributed by atoms with van der Waals surface area (Å²) in [7, 11) is 1.33. The van der Waals surface area contributed by atoms with Crippen LogP contribution in [0, 0.1) is 0 Å². The lowest BCUT2D eigenvalue weighted by molar-refractivity contribution is 0.0600. The molecule has 0 aliphatic rings. The summed E-state index contributed by atoms with van der Waals surface area (Å²) in [5, 5.41) is 2.06. The molecule has 0 fully saturated rings. The predicted molar refractivity (Wildman–Crippen MR) is 54.5 cm³/mol. The number of aromatic nitrogens is 3. The van der Waals surface area contributed by atoms with Gasteiger partial charge in [0.05, 0.1) is 13.3 Å². The molecule has 76 valence electrons. The van der Waals surface area contributed by atoms with Crippen molar-refractivity contribution in [3.63, 3.8) is 0 Å². The molecule has 0 atom stereocenters. The summed E-state index contributed by atoms with van der Waals surface area (Å²) in [6.07, 6.45) is 4.75. The molecule has 15 heavy (non-hydrogen) atoms. The molecule has 0 amide bonds. The lowest BCUT2D eigenvalue weighted by atomic mass is 10.3. The summed E-state index contributed by atoms with van der Waals surface area (Å²) >= 11 is 1.22. The fourth-order valence-electron chi connectivity index (χ4n) is 1.00. The van der Waals surface area contributed by atoms with Crippen LogP contribution in [0.25, 0.3) is 11.4 Å². The second-order valence-corrected chi connectivity index (χ2v) is 3.48. The van der Waals surface area contributed by atoms with Crippen LogP contribution in [0.15, 0.2) is 24.0 Å². The number of ether oxygens (including phenoxy) is 1. The van der Waals surface area contributed by atoms with Gasteiger partial charge in [-0.15, -0.1) is 11.3 Å². The van der Waals surface area contributed by atoms with Crippen molar-refractivity contribution in [2.24, 2.45) is 0 Å². The Morgan fingerprint density at radius 1 is 1.40 bits per heavy atom. The van der Waals surface area contributed by atoms with Crippen LogP contribution in [0.2, 0.25) is 0 Å². The second kappa shape index (κ2) is 4.14. The first-order chi connectivity index (χ1) is 7.31. The first kappa shape index (κ1) is 9.72. The van der Waals surface area contributed by atoms with E-state index in [0.29, 0.717) is 16.4 Å². The molecule has 0 saturated carbocycles. The smallest absolute Gasteiger partial charge is 0.367 e. The van der Waals surface area contributed by atoms with E-state index in [1.54, 1.807) is 24.0 Å². The van der Waals surface area contributed by atoms with Gasteiger partial charge in [-0.2, -0.15) is 0 Å². The molecule has 0 aromatic carbocycles. The molecule has 0 unspecified atom stereocenters. The summed E-state index contributed by atoms with van der Waals surface area (Å²) in [5.74, 6) is -0.435. The van der Waals surface area contributed by atoms with Crippen molar-refractivity contribution in [2.45, 2.75) is 0 Å². The Kier molecular flexibility index (Phi) is 2.68. The highest BCUT2D eigenvalue weighted by molar-refractivity contribution is 7.11. The summed E-state index contributed by atoms with van der Waals surface area (Å²) in [5.41, 5.74) is 1.28. The van der Waals surface area contributed by atoms with Crippen LogP contribution in [0.1, 0.15) is 9.80 Å². The molecule has 0 bridgehead atoms. The van der Waals surface area contributed by atoms with Crippen LogP contribution in [0.3, 0.4) is 0 Å². The zero-order valence-electron chi connectivity index (χ0n) is 7.88. The quantitative estimate of drug-likeness (QED) is 0.717. The SMILES string of the molecule is COC(=O)c1nc(-c2cnccn2)cs1. The largest absolute Gasteiger partial charge is 0.464 e. The molecular formula is C9H7N3O2S. The zero-order valence-corrected chi connectivity index (χ0v) is 8.69. The lowest BCUT2D eigenvalue weighted by Gasteiger charge is -1.93. The topological polar surface area (TPSA) is 65.0 Å². The van der Waals surface area contributed by atoms with Crippen molar-refractivity contribution < 1.29 is 9.53 Å². The maximum absolute atomic E-state index is 11.1. The average molecular weight is 221 g/mol. The van der Waals surface area contributed by atoms with E-state index in [0.717, 1.165) is 0 Å². The maximum atomic E-state index is 11.1. The molecule has 0 spiro atoms. The fraction of sp³-hybridized carbons (Fsp3) is 0.111. The van der Waals surface area contributed by atoms with E-state index in [2.05, 4.69) is 19.7 Å². The van der Waals surface area contributed by atoms with Gasteiger partial charge >= 0.3 is 5.97 Å². The van der Waals surface area contributed by atoms with Crippen molar-refractivity contribution in [1.82, 2.24) is 15.0 Å². The number of carbonyl (C=O) groups excluding carboxylic acids is 1. The number of thiazole rings is 1. The third-order valence-corrected chi connectivity index (χ3v) is 2.51. The molecule has 0 aliphatic carbocycles. The van der Waals surface area contributed by atoms with Gasteiger partial charge in [-0.25, -0.2) is 9.78 Å². The normalized spacial score (nSPS) is 9.93. The molecule has 6 heteroatoms. The number of hydrogen-bond donors (Lipinski definition) is 0. The average Bonchev–Trinajstić information content (AvgIpc) is 2.78. The van der Waals surface area contributed by atoms with Crippen molar-refractivity contribution in [2.75, 3.05) is 7.11 Å². The highest BCUT2D eigenvalue weighted by Crippen LogP contribution is 2.19. The van der Waals surface area contributed by atoms with Crippen LogP contribution in [-0.4, -0.2) is 28.0 Å². The Labute approximate surface area is 89.8 Å². The Hall–Kier alpha value is -1.82. The number of nitrogens with zero attached hydrogens (tertiary/aromatic N) is 3. The van der Waals surface area contributed by atoms with Gasteiger partial charge < -0.3 is 4.74 Å². The minimum atomic E-state index is -0.435. The van der Waals surface area contributed by atoms with Gasteiger partial charge in [0.25, 0.3) is 0 Å². The molecule has 2 rings (SSSR count). The Balaban J connectivity index is 2.32. The summed E-state index contributed by atoms with van der Waals surface area (Å²) < 4.78 is 4.56. The van der Waals surface area contributed by atoms with Crippen LogP contribution in [-0.2, 0) is 4.74 Å².